The van der Waals surface area contributed by atoms with Gasteiger partial charge in [-0.2, -0.15) is 5.10 Å². The normalized spacial score (nSPS) is 10.3. The van der Waals surface area contributed by atoms with Crippen molar-refractivity contribution in [2.75, 3.05) is 10.6 Å². The monoisotopic (exact) mass is 326 g/mol. The van der Waals surface area contributed by atoms with Crippen molar-refractivity contribution in [1.82, 2.24) is 5.43 Å². The molecule has 0 unspecified atom stereocenters. The third-order valence-corrected chi connectivity index (χ3v) is 3.11. The van der Waals surface area contributed by atoms with Gasteiger partial charge < -0.3 is 10.6 Å². The first-order valence-electron chi connectivity index (χ1n) is 7.07. The lowest BCUT2D eigenvalue weighted by molar-refractivity contribution is -0.114. The average molecular weight is 326 g/mol. The number of thiocarbonyl (C=S) groups is 1. The number of aryl methyl sites for hydroxylation is 1. The van der Waals surface area contributed by atoms with Crippen LogP contribution < -0.4 is 16.1 Å². The molecule has 0 radical (unpaired) electrons. The Bertz CT molecular complexity index is 708. The van der Waals surface area contributed by atoms with Crippen molar-refractivity contribution in [2.24, 2.45) is 5.10 Å². The minimum atomic E-state index is -0.0967. The summed E-state index contributed by atoms with van der Waals surface area (Å²) in [6.45, 7) is 3.50. The Hall–Kier alpha value is -2.73. The van der Waals surface area contributed by atoms with Crippen LogP contribution in [0.4, 0.5) is 11.4 Å². The predicted octanol–water partition coefficient (Wildman–Crippen LogP) is 3.27. The van der Waals surface area contributed by atoms with Crippen LogP contribution in [0.5, 0.6) is 0 Å². The van der Waals surface area contributed by atoms with E-state index in [4.69, 9.17) is 12.2 Å². The molecule has 0 aromatic heterocycles. The first kappa shape index (κ1) is 16.6. The zero-order chi connectivity index (χ0) is 16.7. The average Bonchev–Trinajstić information content (AvgIpc) is 2.51. The number of carbonyl (C=O) groups is 1. The molecule has 0 aliphatic carbocycles. The van der Waals surface area contributed by atoms with Crippen LogP contribution in [0, 0.1) is 6.92 Å². The van der Waals surface area contributed by atoms with Gasteiger partial charge in [0.15, 0.2) is 5.11 Å². The van der Waals surface area contributed by atoms with Crippen LogP contribution in [0.2, 0.25) is 0 Å². The largest absolute Gasteiger partial charge is 0.331 e. The van der Waals surface area contributed by atoms with Crippen LogP contribution in [0.1, 0.15) is 18.1 Å². The Kier molecular flexibility index (Phi) is 5.82. The van der Waals surface area contributed by atoms with Gasteiger partial charge in [0.2, 0.25) is 5.91 Å². The predicted molar refractivity (Wildman–Crippen MR) is 98.9 cm³/mol. The van der Waals surface area contributed by atoms with Crippen molar-refractivity contribution in [2.45, 2.75) is 13.8 Å². The van der Waals surface area contributed by atoms with Crippen molar-refractivity contribution in [1.29, 1.82) is 0 Å². The van der Waals surface area contributed by atoms with Crippen molar-refractivity contribution < 1.29 is 4.79 Å². The van der Waals surface area contributed by atoms with Crippen LogP contribution in [0.25, 0.3) is 0 Å². The van der Waals surface area contributed by atoms with Gasteiger partial charge in [0.1, 0.15) is 0 Å². The standard InChI is InChI=1S/C17H18N4OS/c1-12-3-7-16(8-4-12)20-17(23)21-18-11-14-5-9-15(10-6-14)19-13(2)22/h3-11H,1-2H3,(H,19,22)(H2,20,21,23)/b18-11-. The number of rotatable bonds is 4. The van der Waals surface area contributed by atoms with Crippen molar-refractivity contribution in [3.8, 4) is 0 Å². The van der Waals surface area contributed by atoms with Gasteiger partial charge in [0.05, 0.1) is 6.21 Å². The first-order valence-corrected chi connectivity index (χ1v) is 7.48. The fourth-order valence-corrected chi connectivity index (χ4v) is 1.99. The highest BCUT2D eigenvalue weighted by Crippen LogP contribution is 2.09. The van der Waals surface area contributed by atoms with Gasteiger partial charge in [-0.15, -0.1) is 0 Å². The number of anilines is 2. The summed E-state index contributed by atoms with van der Waals surface area (Å²) in [5, 5.41) is 10.2. The highest BCUT2D eigenvalue weighted by Gasteiger charge is 1.96. The van der Waals surface area contributed by atoms with Gasteiger partial charge in [0, 0.05) is 18.3 Å². The lowest BCUT2D eigenvalue weighted by Gasteiger charge is -2.07. The summed E-state index contributed by atoms with van der Waals surface area (Å²) in [7, 11) is 0. The second-order valence-electron chi connectivity index (χ2n) is 4.99. The zero-order valence-electron chi connectivity index (χ0n) is 13.0. The molecule has 0 fully saturated rings. The third kappa shape index (κ3) is 5.88. The van der Waals surface area contributed by atoms with Gasteiger partial charge in [-0.05, 0) is 49.0 Å². The van der Waals surface area contributed by atoms with E-state index in [0.717, 1.165) is 16.9 Å². The molecule has 0 spiro atoms. The lowest BCUT2D eigenvalue weighted by atomic mass is 10.2. The van der Waals surface area contributed by atoms with E-state index in [1.54, 1.807) is 6.21 Å². The number of hydrogen-bond acceptors (Lipinski definition) is 3. The molecule has 2 aromatic carbocycles. The maximum absolute atomic E-state index is 10.9. The van der Waals surface area contributed by atoms with Crippen LogP contribution in [0.3, 0.4) is 0 Å². The maximum atomic E-state index is 10.9. The highest BCUT2D eigenvalue weighted by atomic mass is 32.1. The Morgan fingerprint density at radius 2 is 1.57 bits per heavy atom. The minimum Gasteiger partial charge on any atom is -0.331 e. The van der Waals surface area contributed by atoms with E-state index < -0.39 is 0 Å². The number of hydrogen-bond donors (Lipinski definition) is 3. The Balaban J connectivity index is 1.84. The molecule has 3 N–H and O–H groups in total. The zero-order valence-corrected chi connectivity index (χ0v) is 13.8. The number of amides is 1. The molecule has 0 heterocycles. The Morgan fingerprint density at radius 1 is 1.00 bits per heavy atom. The number of benzene rings is 2. The molecule has 5 nitrogen and oxygen atoms in total. The van der Waals surface area contributed by atoms with E-state index >= 15 is 0 Å². The Morgan fingerprint density at radius 3 is 2.17 bits per heavy atom. The molecule has 118 valence electrons. The molecule has 0 saturated carbocycles. The van der Waals surface area contributed by atoms with Crippen LogP contribution in [-0.4, -0.2) is 17.2 Å². The topological polar surface area (TPSA) is 65.5 Å². The molecule has 23 heavy (non-hydrogen) atoms. The van der Waals surface area contributed by atoms with Gasteiger partial charge in [-0.3, -0.25) is 10.2 Å². The summed E-state index contributed by atoms with van der Waals surface area (Å²) in [6.07, 6.45) is 1.65. The quantitative estimate of drug-likeness (QED) is 0.458. The fourth-order valence-electron chi connectivity index (χ4n) is 1.82. The molecule has 0 atom stereocenters. The summed E-state index contributed by atoms with van der Waals surface area (Å²) < 4.78 is 0. The van der Waals surface area contributed by atoms with Crippen molar-refractivity contribution >= 4 is 40.8 Å². The smallest absolute Gasteiger partial charge is 0.221 e. The molecule has 2 rings (SSSR count). The van der Waals surface area contributed by atoms with Crippen molar-refractivity contribution in [3.05, 3.63) is 59.7 Å². The first-order chi connectivity index (χ1) is 11.0. The van der Waals surface area contributed by atoms with Gasteiger partial charge in [-0.25, -0.2) is 0 Å². The number of hydrazone groups is 1. The fraction of sp³-hybridized carbons (Fsp3) is 0.118. The second kappa shape index (κ2) is 8.05. The Labute approximate surface area is 140 Å². The molecule has 1 amide bonds. The van der Waals surface area contributed by atoms with Gasteiger partial charge >= 0.3 is 0 Å². The van der Waals surface area contributed by atoms with E-state index in [1.165, 1.54) is 12.5 Å². The number of carbonyl (C=O) groups excluding carboxylic acids is 1. The maximum Gasteiger partial charge on any atom is 0.221 e. The second-order valence-corrected chi connectivity index (χ2v) is 5.40. The molecule has 0 saturated heterocycles. The van der Waals surface area contributed by atoms with Crippen LogP contribution in [0.15, 0.2) is 53.6 Å². The van der Waals surface area contributed by atoms with Crippen LogP contribution >= 0.6 is 12.2 Å². The molecule has 2 aromatic rings. The molecule has 0 aliphatic rings. The SMILES string of the molecule is CC(=O)Nc1ccc(/C=N\NC(=S)Nc2ccc(C)cc2)cc1. The number of nitrogens with zero attached hydrogens (tertiary/aromatic N) is 1. The minimum absolute atomic E-state index is 0.0967. The third-order valence-electron chi connectivity index (χ3n) is 2.92. The summed E-state index contributed by atoms with van der Waals surface area (Å²) in [6, 6.07) is 15.2. The summed E-state index contributed by atoms with van der Waals surface area (Å²) >= 11 is 5.17. The molecule has 0 bridgehead atoms. The van der Waals surface area contributed by atoms with Gasteiger partial charge in [0.25, 0.3) is 0 Å². The van der Waals surface area contributed by atoms with E-state index in [0.29, 0.717) is 5.11 Å². The van der Waals surface area contributed by atoms with E-state index in [1.807, 2.05) is 55.5 Å². The van der Waals surface area contributed by atoms with E-state index in [2.05, 4.69) is 21.2 Å². The van der Waals surface area contributed by atoms with Crippen LogP contribution in [-0.2, 0) is 4.79 Å². The molecular weight excluding hydrogens is 308 g/mol. The lowest BCUT2D eigenvalue weighted by Crippen LogP contribution is -2.23. The summed E-state index contributed by atoms with van der Waals surface area (Å²) in [4.78, 5) is 10.9. The molecule has 0 aliphatic heterocycles. The number of nitrogens with one attached hydrogen (secondary N) is 3. The molecule has 6 heteroatoms. The van der Waals surface area contributed by atoms with E-state index in [-0.39, 0.29) is 5.91 Å². The summed E-state index contributed by atoms with van der Waals surface area (Å²) in [5.74, 6) is -0.0967. The highest BCUT2D eigenvalue weighted by molar-refractivity contribution is 7.80. The van der Waals surface area contributed by atoms with Gasteiger partial charge in [-0.1, -0.05) is 29.8 Å². The molecular formula is C17H18N4OS. The summed E-state index contributed by atoms with van der Waals surface area (Å²) in [5.41, 5.74) is 6.50. The van der Waals surface area contributed by atoms with Crippen molar-refractivity contribution in [3.63, 3.8) is 0 Å². The van der Waals surface area contributed by atoms with E-state index in [9.17, 15) is 4.79 Å².